The molecule has 0 atom stereocenters. The van der Waals surface area contributed by atoms with Crippen molar-refractivity contribution in [3.8, 4) is 11.3 Å². The molecule has 0 aliphatic carbocycles. The molecule has 0 aliphatic heterocycles. The van der Waals surface area contributed by atoms with E-state index in [1.54, 1.807) is 43.5 Å². The number of aromatic nitrogens is 2. The van der Waals surface area contributed by atoms with E-state index in [1.165, 1.54) is 4.90 Å². The summed E-state index contributed by atoms with van der Waals surface area (Å²) in [5.74, 6) is 0.863. The van der Waals surface area contributed by atoms with E-state index >= 15 is 0 Å². The van der Waals surface area contributed by atoms with Gasteiger partial charge in [0.1, 0.15) is 17.2 Å². The zero-order valence-corrected chi connectivity index (χ0v) is 15.4. The molecule has 0 N–H and O–H groups in total. The average Bonchev–Trinajstić information content (AvgIpc) is 2.92. The van der Waals surface area contributed by atoms with Crippen molar-refractivity contribution in [3.63, 3.8) is 0 Å². The van der Waals surface area contributed by atoms with Crippen LogP contribution in [0.2, 0.25) is 10.0 Å². The van der Waals surface area contributed by atoms with Crippen LogP contribution in [0.15, 0.2) is 45.5 Å². The molecule has 0 radical (unpaired) electrons. The first-order valence-electron chi connectivity index (χ1n) is 6.79. The summed E-state index contributed by atoms with van der Waals surface area (Å²) in [6.07, 6.45) is 2.24. The van der Waals surface area contributed by atoms with E-state index in [2.05, 4.69) is 26.1 Å². The van der Waals surface area contributed by atoms with E-state index in [0.717, 1.165) is 4.47 Å². The molecule has 122 valence electrons. The molecule has 3 rings (SSSR count). The van der Waals surface area contributed by atoms with Gasteiger partial charge in [0.05, 0.1) is 10.0 Å². The monoisotopic (exact) mass is 425 g/mol. The summed E-state index contributed by atoms with van der Waals surface area (Å²) < 4.78 is 6.08. The van der Waals surface area contributed by atoms with Crippen molar-refractivity contribution in [2.75, 3.05) is 4.90 Å². The van der Waals surface area contributed by atoms with Crippen LogP contribution in [0.4, 0.5) is 11.5 Å². The van der Waals surface area contributed by atoms with Gasteiger partial charge in [-0.15, -0.1) is 0 Å². The molecule has 0 unspecified atom stereocenters. The quantitative estimate of drug-likeness (QED) is 0.523. The maximum atomic E-state index is 11.7. The van der Waals surface area contributed by atoms with Crippen LogP contribution in [-0.4, -0.2) is 16.6 Å². The minimum Gasteiger partial charge on any atom is -0.359 e. The Labute approximate surface area is 156 Å². The lowest BCUT2D eigenvalue weighted by Gasteiger charge is -2.17. The number of aryl methyl sites for hydroxylation is 1. The number of carbonyl (C=O) groups is 1. The summed E-state index contributed by atoms with van der Waals surface area (Å²) in [6, 6.07) is 8.60. The number of carbonyl (C=O) groups excluding carboxylic acids is 1. The Bertz CT molecular complexity index is 877. The van der Waals surface area contributed by atoms with Crippen molar-refractivity contribution in [2.24, 2.45) is 0 Å². The van der Waals surface area contributed by atoms with Crippen molar-refractivity contribution < 1.29 is 9.32 Å². The maximum absolute atomic E-state index is 11.7. The first-order valence-corrected chi connectivity index (χ1v) is 8.34. The number of hydrogen-bond donors (Lipinski definition) is 0. The van der Waals surface area contributed by atoms with Crippen LogP contribution >= 0.6 is 39.1 Å². The fourth-order valence-electron chi connectivity index (χ4n) is 2.27. The van der Waals surface area contributed by atoms with Gasteiger partial charge in [-0.3, -0.25) is 9.69 Å². The van der Waals surface area contributed by atoms with Gasteiger partial charge in [0, 0.05) is 16.2 Å². The van der Waals surface area contributed by atoms with Crippen molar-refractivity contribution >= 4 is 57.0 Å². The Morgan fingerprint density at radius 3 is 2.50 bits per heavy atom. The SMILES string of the molecule is Cc1onc(-c2c(Cl)cccc2Cl)c1N(C=O)c1ccc(Br)cn1. The molecule has 0 bridgehead atoms. The molecule has 2 aromatic heterocycles. The molecule has 24 heavy (non-hydrogen) atoms. The summed E-state index contributed by atoms with van der Waals surface area (Å²) >= 11 is 15.8. The second-order valence-electron chi connectivity index (χ2n) is 4.84. The van der Waals surface area contributed by atoms with E-state index in [1.807, 2.05) is 0 Å². The Hall–Kier alpha value is -1.89. The fraction of sp³-hybridized carbons (Fsp3) is 0.0625. The number of hydrogen-bond acceptors (Lipinski definition) is 4. The summed E-state index contributed by atoms with van der Waals surface area (Å²) in [6.45, 7) is 1.70. The molecule has 1 amide bonds. The highest BCUT2D eigenvalue weighted by Gasteiger charge is 2.25. The van der Waals surface area contributed by atoms with Gasteiger partial charge in [-0.2, -0.15) is 0 Å². The number of rotatable bonds is 4. The molecular formula is C16H10BrCl2N3O2. The smallest absolute Gasteiger partial charge is 0.220 e. The summed E-state index contributed by atoms with van der Waals surface area (Å²) in [7, 11) is 0. The topological polar surface area (TPSA) is 59.2 Å². The Balaban J connectivity index is 2.20. The van der Waals surface area contributed by atoms with Gasteiger partial charge < -0.3 is 4.52 Å². The van der Waals surface area contributed by atoms with Crippen molar-refractivity contribution in [1.82, 2.24) is 10.1 Å². The van der Waals surface area contributed by atoms with E-state index in [0.29, 0.717) is 45.0 Å². The molecule has 0 saturated heterocycles. The highest BCUT2D eigenvalue weighted by Crippen LogP contribution is 2.42. The maximum Gasteiger partial charge on any atom is 0.220 e. The van der Waals surface area contributed by atoms with Crippen LogP contribution < -0.4 is 4.90 Å². The van der Waals surface area contributed by atoms with E-state index in [9.17, 15) is 4.79 Å². The highest BCUT2D eigenvalue weighted by atomic mass is 79.9. The lowest BCUT2D eigenvalue weighted by molar-refractivity contribution is -0.106. The van der Waals surface area contributed by atoms with E-state index < -0.39 is 0 Å². The molecule has 3 aromatic rings. The van der Waals surface area contributed by atoms with Crippen LogP contribution in [0.1, 0.15) is 5.76 Å². The number of benzene rings is 1. The van der Waals surface area contributed by atoms with E-state index in [-0.39, 0.29) is 0 Å². The fourth-order valence-corrected chi connectivity index (χ4v) is 3.08. The van der Waals surface area contributed by atoms with Crippen LogP contribution in [0.5, 0.6) is 0 Å². The summed E-state index contributed by atoms with van der Waals surface area (Å²) in [4.78, 5) is 17.3. The summed E-state index contributed by atoms with van der Waals surface area (Å²) in [5, 5.41) is 4.86. The van der Waals surface area contributed by atoms with Gasteiger partial charge in [-0.25, -0.2) is 4.98 Å². The summed E-state index contributed by atoms with van der Waals surface area (Å²) in [5.41, 5.74) is 1.31. The van der Waals surface area contributed by atoms with Gasteiger partial charge >= 0.3 is 0 Å². The predicted octanol–water partition coefficient (Wildman–Crippen LogP) is 5.41. The van der Waals surface area contributed by atoms with Gasteiger partial charge in [-0.1, -0.05) is 34.4 Å². The first-order chi connectivity index (χ1) is 11.5. The average molecular weight is 427 g/mol. The third-order valence-corrected chi connectivity index (χ3v) is 4.44. The zero-order valence-electron chi connectivity index (χ0n) is 12.3. The van der Waals surface area contributed by atoms with Crippen molar-refractivity contribution in [1.29, 1.82) is 0 Å². The number of nitrogens with zero attached hydrogens (tertiary/aromatic N) is 3. The van der Waals surface area contributed by atoms with Gasteiger partial charge in [0.15, 0.2) is 5.76 Å². The normalized spacial score (nSPS) is 10.7. The zero-order chi connectivity index (χ0) is 17.3. The second-order valence-corrected chi connectivity index (χ2v) is 6.57. The third-order valence-electron chi connectivity index (χ3n) is 3.34. The molecule has 8 heteroatoms. The number of pyridine rings is 1. The Morgan fingerprint density at radius 1 is 1.21 bits per heavy atom. The largest absolute Gasteiger partial charge is 0.359 e. The Morgan fingerprint density at radius 2 is 1.92 bits per heavy atom. The van der Waals surface area contributed by atoms with Crippen LogP contribution in [0.3, 0.4) is 0 Å². The minimum atomic E-state index is 0.375. The van der Waals surface area contributed by atoms with Gasteiger partial charge in [-0.05, 0) is 47.1 Å². The van der Waals surface area contributed by atoms with Crippen LogP contribution in [0, 0.1) is 6.92 Å². The Kier molecular flexibility index (Phi) is 4.89. The molecule has 1 aromatic carbocycles. The molecule has 0 fully saturated rings. The highest BCUT2D eigenvalue weighted by molar-refractivity contribution is 9.10. The molecule has 2 heterocycles. The van der Waals surface area contributed by atoms with Crippen LogP contribution in [0.25, 0.3) is 11.3 Å². The lowest BCUT2D eigenvalue weighted by Crippen LogP contribution is -2.16. The van der Waals surface area contributed by atoms with Crippen molar-refractivity contribution in [3.05, 3.63) is 56.8 Å². The number of amides is 1. The van der Waals surface area contributed by atoms with E-state index in [4.69, 9.17) is 27.7 Å². The van der Waals surface area contributed by atoms with Crippen molar-refractivity contribution in [2.45, 2.75) is 6.92 Å². The molecule has 0 aliphatic rings. The number of halogens is 3. The lowest BCUT2D eigenvalue weighted by atomic mass is 10.1. The first kappa shape index (κ1) is 17.0. The molecule has 0 saturated carbocycles. The second kappa shape index (κ2) is 6.93. The molecule has 0 spiro atoms. The molecular weight excluding hydrogens is 417 g/mol. The van der Waals surface area contributed by atoms with Crippen LogP contribution in [-0.2, 0) is 4.79 Å². The standard InChI is InChI=1S/C16H10BrCl2N3O2/c1-9-16(22(8-23)13-6-5-10(17)7-20-13)15(21-24-9)14-11(18)3-2-4-12(14)19/h2-8H,1H3. The molecule has 5 nitrogen and oxygen atoms in total. The number of anilines is 2. The van der Waals surface area contributed by atoms with Gasteiger partial charge in [0.25, 0.3) is 0 Å². The predicted molar refractivity (Wildman–Crippen MR) is 96.8 cm³/mol. The van der Waals surface area contributed by atoms with Gasteiger partial charge in [0.2, 0.25) is 6.41 Å². The minimum absolute atomic E-state index is 0.375. The third kappa shape index (κ3) is 3.05.